The molecule has 2 saturated heterocycles. The highest BCUT2D eigenvalue weighted by atomic mass is 16.7. The highest BCUT2D eigenvalue weighted by Crippen LogP contribution is 2.34. The summed E-state index contributed by atoms with van der Waals surface area (Å²) in [5.74, 6) is 1.14. The van der Waals surface area contributed by atoms with Crippen LogP contribution in [0.4, 0.5) is 5.69 Å². The van der Waals surface area contributed by atoms with Crippen LogP contribution in [0.3, 0.4) is 0 Å². The number of amides is 2. The van der Waals surface area contributed by atoms with Crippen molar-refractivity contribution in [2.24, 2.45) is 5.92 Å². The first-order chi connectivity index (χ1) is 16.1. The summed E-state index contributed by atoms with van der Waals surface area (Å²) >= 11 is 0. The number of ketones is 1. The first-order valence-electron chi connectivity index (χ1n) is 11.5. The van der Waals surface area contributed by atoms with Gasteiger partial charge in [0.1, 0.15) is 5.69 Å². The van der Waals surface area contributed by atoms with Gasteiger partial charge in [0, 0.05) is 42.5 Å². The second kappa shape index (κ2) is 9.27. The van der Waals surface area contributed by atoms with E-state index in [4.69, 9.17) is 9.47 Å². The number of piperidine rings is 1. The largest absolute Gasteiger partial charge is 0.454 e. The zero-order valence-corrected chi connectivity index (χ0v) is 18.5. The van der Waals surface area contributed by atoms with Crippen molar-refractivity contribution in [2.45, 2.75) is 25.7 Å². The number of fused-ring (bicyclic) bond motifs is 1. The maximum absolute atomic E-state index is 12.7. The van der Waals surface area contributed by atoms with E-state index in [1.54, 1.807) is 30.5 Å². The summed E-state index contributed by atoms with van der Waals surface area (Å²) in [6, 6.07) is 7.03. The fourth-order valence-electron chi connectivity index (χ4n) is 4.64. The number of rotatable bonds is 6. The number of nitrogens with zero attached hydrogens (tertiary/aromatic N) is 2. The highest BCUT2D eigenvalue weighted by molar-refractivity contribution is 6.01. The molecule has 33 heavy (non-hydrogen) atoms. The Bertz CT molecular complexity index is 1050. The van der Waals surface area contributed by atoms with Gasteiger partial charge < -0.3 is 24.7 Å². The van der Waals surface area contributed by atoms with E-state index >= 15 is 0 Å². The summed E-state index contributed by atoms with van der Waals surface area (Å²) in [6.45, 7) is 3.38. The number of benzene rings is 1. The third-order valence-corrected chi connectivity index (χ3v) is 6.59. The molecule has 0 aliphatic carbocycles. The smallest absolute Gasteiger partial charge is 0.270 e. The fourth-order valence-corrected chi connectivity index (χ4v) is 4.64. The summed E-state index contributed by atoms with van der Waals surface area (Å²) in [5, 5.41) is 2.96. The topological polar surface area (TPSA) is 104 Å². The SMILES string of the molecule is O=C(CN1CCC(C(=O)Nc2ccc3c(c2)OCO3)CC1)c1c[nH]c(C(=O)N2CCCC2)c1. The van der Waals surface area contributed by atoms with Crippen molar-refractivity contribution in [2.75, 3.05) is 44.8 Å². The van der Waals surface area contributed by atoms with Gasteiger partial charge in [0.25, 0.3) is 5.91 Å². The zero-order valence-electron chi connectivity index (χ0n) is 18.5. The number of aromatic amines is 1. The van der Waals surface area contributed by atoms with Gasteiger partial charge in [-0.05, 0) is 57.0 Å². The minimum Gasteiger partial charge on any atom is -0.454 e. The Morgan fingerprint density at radius 1 is 1.00 bits per heavy atom. The number of aromatic nitrogens is 1. The lowest BCUT2D eigenvalue weighted by molar-refractivity contribution is -0.121. The Morgan fingerprint density at radius 2 is 1.76 bits per heavy atom. The number of carbonyl (C=O) groups is 3. The van der Waals surface area contributed by atoms with Crippen LogP contribution >= 0.6 is 0 Å². The van der Waals surface area contributed by atoms with Crippen LogP contribution in [-0.4, -0.2) is 71.9 Å². The molecule has 0 unspecified atom stereocenters. The fraction of sp³-hybridized carbons (Fsp3) is 0.458. The molecule has 1 aromatic carbocycles. The van der Waals surface area contributed by atoms with Crippen LogP contribution in [0.25, 0.3) is 0 Å². The molecule has 5 rings (SSSR count). The van der Waals surface area contributed by atoms with E-state index in [1.165, 1.54) is 0 Å². The standard InChI is InChI=1S/C24H28N4O5/c29-20(17-11-19(25-13-17)24(31)28-7-1-2-8-28)14-27-9-5-16(6-10-27)23(30)26-18-3-4-21-22(12-18)33-15-32-21/h3-4,11-13,16,25H,1-2,5-10,14-15H2,(H,26,30). The zero-order chi connectivity index (χ0) is 22.8. The number of H-pyrrole nitrogens is 1. The molecule has 9 nitrogen and oxygen atoms in total. The van der Waals surface area contributed by atoms with Gasteiger partial charge in [-0.1, -0.05) is 0 Å². The molecule has 174 valence electrons. The minimum atomic E-state index is -0.0984. The highest BCUT2D eigenvalue weighted by Gasteiger charge is 2.27. The van der Waals surface area contributed by atoms with E-state index in [1.807, 2.05) is 4.90 Å². The van der Waals surface area contributed by atoms with Gasteiger partial charge in [0.05, 0.1) is 6.54 Å². The molecule has 4 heterocycles. The second-order valence-corrected chi connectivity index (χ2v) is 8.83. The molecule has 2 aromatic rings. The number of anilines is 1. The average molecular weight is 453 g/mol. The summed E-state index contributed by atoms with van der Waals surface area (Å²) in [7, 11) is 0. The van der Waals surface area contributed by atoms with Crippen molar-refractivity contribution in [1.29, 1.82) is 0 Å². The van der Waals surface area contributed by atoms with Gasteiger partial charge in [-0.2, -0.15) is 0 Å². The van der Waals surface area contributed by atoms with E-state index < -0.39 is 0 Å². The van der Waals surface area contributed by atoms with Gasteiger partial charge in [-0.15, -0.1) is 0 Å². The van der Waals surface area contributed by atoms with Gasteiger partial charge in [0.15, 0.2) is 17.3 Å². The van der Waals surface area contributed by atoms with Gasteiger partial charge in [-0.3, -0.25) is 19.3 Å². The van der Waals surface area contributed by atoms with Crippen LogP contribution in [0, 0.1) is 5.92 Å². The number of hydrogen-bond donors (Lipinski definition) is 2. The molecule has 0 bridgehead atoms. The van der Waals surface area contributed by atoms with E-state index in [0.717, 1.165) is 25.9 Å². The molecular weight excluding hydrogens is 424 g/mol. The van der Waals surface area contributed by atoms with Crippen molar-refractivity contribution < 1.29 is 23.9 Å². The Morgan fingerprint density at radius 3 is 2.55 bits per heavy atom. The number of carbonyl (C=O) groups excluding carboxylic acids is 3. The summed E-state index contributed by atoms with van der Waals surface area (Å²) in [4.78, 5) is 44.7. The molecular formula is C24H28N4O5. The third-order valence-electron chi connectivity index (χ3n) is 6.59. The summed E-state index contributed by atoms with van der Waals surface area (Å²) in [6.07, 6.45) is 5.06. The normalized spacial score (nSPS) is 18.5. The Kier molecular flexibility index (Phi) is 6.04. The molecule has 2 N–H and O–H groups in total. The average Bonchev–Trinajstić information content (AvgIpc) is 3.60. The molecule has 2 fully saturated rings. The lowest BCUT2D eigenvalue weighted by atomic mass is 9.95. The van der Waals surface area contributed by atoms with E-state index in [0.29, 0.717) is 54.4 Å². The summed E-state index contributed by atoms with van der Waals surface area (Å²) in [5.41, 5.74) is 1.69. The number of ether oxygens (including phenoxy) is 2. The molecule has 0 spiro atoms. The van der Waals surface area contributed by atoms with Crippen LogP contribution in [0.1, 0.15) is 46.5 Å². The minimum absolute atomic E-state index is 0.0180. The lowest BCUT2D eigenvalue weighted by Gasteiger charge is -2.30. The predicted octanol–water partition coefficient (Wildman–Crippen LogP) is 2.51. The van der Waals surface area contributed by atoms with Crippen molar-refractivity contribution in [3.05, 3.63) is 41.7 Å². The van der Waals surface area contributed by atoms with Crippen LogP contribution in [0.5, 0.6) is 11.5 Å². The summed E-state index contributed by atoms with van der Waals surface area (Å²) < 4.78 is 10.7. The van der Waals surface area contributed by atoms with Crippen molar-refractivity contribution in [3.63, 3.8) is 0 Å². The van der Waals surface area contributed by atoms with Crippen molar-refractivity contribution >= 4 is 23.3 Å². The van der Waals surface area contributed by atoms with Crippen molar-refractivity contribution in [3.8, 4) is 11.5 Å². The Hall–Kier alpha value is -3.33. The molecule has 0 atom stereocenters. The van der Waals surface area contributed by atoms with E-state index in [9.17, 15) is 14.4 Å². The maximum atomic E-state index is 12.7. The molecule has 0 saturated carbocycles. The third kappa shape index (κ3) is 4.73. The maximum Gasteiger partial charge on any atom is 0.270 e. The van der Waals surface area contributed by atoms with Crippen LogP contribution in [0.2, 0.25) is 0 Å². The molecule has 0 radical (unpaired) electrons. The first-order valence-corrected chi connectivity index (χ1v) is 11.5. The molecule has 9 heteroatoms. The molecule has 3 aliphatic heterocycles. The van der Waals surface area contributed by atoms with Gasteiger partial charge >= 0.3 is 0 Å². The van der Waals surface area contributed by atoms with Crippen LogP contribution in [-0.2, 0) is 4.79 Å². The Labute approximate surface area is 192 Å². The van der Waals surface area contributed by atoms with Crippen LogP contribution < -0.4 is 14.8 Å². The molecule has 1 aromatic heterocycles. The lowest BCUT2D eigenvalue weighted by Crippen LogP contribution is -2.40. The predicted molar refractivity (Wildman–Crippen MR) is 121 cm³/mol. The van der Waals surface area contributed by atoms with E-state index in [-0.39, 0.29) is 36.9 Å². The number of Topliss-reactive ketones (excluding diaryl/α,β-unsaturated/α-hetero) is 1. The second-order valence-electron chi connectivity index (χ2n) is 8.83. The number of likely N-dealkylation sites (tertiary alicyclic amines) is 2. The van der Waals surface area contributed by atoms with Crippen LogP contribution in [0.15, 0.2) is 30.5 Å². The van der Waals surface area contributed by atoms with Gasteiger partial charge in [-0.25, -0.2) is 0 Å². The van der Waals surface area contributed by atoms with E-state index in [2.05, 4.69) is 15.2 Å². The monoisotopic (exact) mass is 452 g/mol. The number of nitrogens with one attached hydrogen (secondary N) is 2. The van der Waals surface area contributed by atoms with Gasteiger partial charge in [0.2, 0.25) is 12.7 Å². The molecule has 2 amide bonds. The Balaban J connectivity index is 1.10. The first kappa shape index (κ1) is 21.5. The number of hydrogen-bond acceptors (Lipinski definition) is 6. The van der Waals surface area contributed by atoms with Crippen molar-refractivity contribution in [1.82, 2.24) is 14.8 Å². The quantitative estimate of drug-likeness (QED) is 0.653. The molecule has 3 aliphatic rings.